The summed E-state index contributed by atoms with van der Waals surface area (Å²) in [5.41, 5.74) is 5.37. The highest BCUT2D eigenvalue weighted by atomic mass is 32.1. The molecule has 5 nitrogen and oxygen atoms in total. The van der Waals surface area contributed by atoms with Crippen LogP contribution in [0.1, 0.15) is 5.56 Å². The van der Waals surface area contributed by atoms with Crippen molar-refractivity contribution in [2.24, 2.45) is 0 Å². The van der Waals surface area contributed by atoms with Crippen LogP contribution >= 0.6 is 11.3 Å². The molecule has 0 aliphatic rings. The summed E-state index contributed by atoms with van der Waals surface area (Å²) in [6.45, 7) is 0. The molecule has 0 aliphatic carbocycles. The van der Waals surface area contributed by atoms with Crippen molar-refractivity contribution in [3.05, 3.63) is 121 Å². The molecule has 5 aromatic carbocycles. The SMILES string of the molecule is N#Cc1ccc(-c2nc3ccc4ccc(-c5nc(-c6ccccc6)nc(-c6ccccc6)n5)cc4c3s2)cc1. The molecule has 0 atom stereocenters. The molecule has 6 heteroatoms. The van der Waals surface area contributed by atoms with Gasteiger partial charge in [-0.2, -0.15) is 5.26 Å². The number of aromatic nitrogens is 4. The molecule has 7 rings (SSSR count). The van der Waals surface area contributed by atoms with Gasteiger partial charge in [-0.05, 0) is 29.7 Å². The summed E-state index contributed by atoms with van der Waals surface area (Å²) in [7, 11) is 0. The number of nitrogens with zero attached hydrogens (tertiary/aromatic N) is 5. The molecule has 0 bridgehead atoms. The molecule has 2 aromatic heterocycles. The Labute approximate surface area is 228 Å². The Bertz CT molecular complexity index is 1950. The van der Waals surface area contributed by atoms with Crippen molar-refractivity contribution in [3.63, 3.8) is 0 Å². The van der Waals surface area contributed by atoms with Crippen LogP contribution in [-0.4, -0.2) is 19.9 Å². The van der Waals surface area contributed by atoms with E-state index in [1.807, 2.05) is 84.9 Å². The van der Waals surface area contributed by atoms with Gasteiger partial charge in [-0.3, -0.25) is 0 Å². The number of benzene rings is 5. The Balaban J connectivity index is 1.39. The summed E-state index contributed by atoms with van der Waals surface area (Å²) >= 11 is 1.65. The Morgan fingerprint density at radius 2 is 1.10 bits per heavy atom. The third-order valence-electron chi connectivity index (χ3n) is 6.59. The lowest BCUT2D eigenvalue weighted by Gasteiger charge is -2.09. The fourth-order valence-electron chi connectivity index (χ4n) is 4.59. The molecular weight excluding hydrogens is 498 g/mol. The highest BCUT2D eigenvalue weighted by Crippen LogP contribution is 2.37. The molecule has 2 heterocycles. The minimum Gasteiger partial charge on any atom is -0.236 e. The second-order valence-electron chi connectivity index (χ2n) is 9.10. The summed E-state index contributed by atoms with van der Waals surface area (Å²) in [6.07, 6.45) is 0. The number of fused-ring (bicyclic) bond motifs is 3. The van der Waals surface area contributed by atoms with Crippen molar-refractivity contribution in [2.75, 3.05) is 0 Å². The molecule has 0 spiro atoms. The van der Waals surface area contributed by atoms with Crippen LogP contribution in [0.15, 0.2) is 115 Å². The lowest BCUT2D eigenvalue weighted by molar-refractivity contribution is 1.07. The van der Waals surface area contributed by atoms with E-state index in [-0.39, 0.29) is 0 Å². The van der Waals surface area contributed by atoms with Crippen molar-refractivity contribution in [3.8, 4) is 50.8 Å². The first-order valence-corrected chi connectivity index (χ1v) is 13.3. The molecule has 0 N–H and O–H groups in total. The topological polar surface area (TPSA) is 75.3 Å². The van der Waals surface area contributed by atoms with Gasteiger partial charge in [0.1, 0.15) is 5.01 Å². The predicted octanol–water partition coefficient (Wildman–Crippen LogP) is 8.17. The first kappa shape index (κ1) is 22.9. The first-order valence-electron chi connectivity index (χ1n) is 12.5. The third kappa shape index (κ3) is 4.31. The Morgan fingerprint density at radius 3 is 1.72 bits per heavy atom. The lowest BCUT2D eigenvalue weighted by Crippen LogP contribution is -2.00. The highest BCUT2D eigenvalue weighted by Gasteiger charge is 2.14. The zero-order chi connectivity index (χ0) is 26.2. The molecule has 0 amide bonds. The summed E-state index contributed by atoms with van der Waals surface area (Å²) in [6, 6.07) is 40.2. The van der Waals surface area contributed by atoms with Crippen LogP contribution in [0.5, 0.6) is 0 Å². The van der Waals surface area contributed by atoms with Gasteiger partial charge in [0, 0.05) is 27.6 Å². The molecular formula is C33H19N5S. The van der Waals surface area contributed by atoms with E-state index in [9.17, 15) is 0 Å². The molecule has 182 valence electrons. The zero-order valence-electron chi connectivity index (χ0n) is 20.6. The van der Waals surface area contributed by atoms with Crippen LogP contribution in [-0.2, 0) is 0 Å². The molecule has 0 saturated carbocycles. The summed E-state index contributed by atoms with van der Waals surface area (Å²) < 4.78 is 1.11. The molecule has 0 radical (unpaired) electrons. The van der Waals surface area contributed by atoms with Gasteiger partial charge in [0.05, 0.1) is 21.8 Å². The molecule has 0 unspecified atom stereocenters. The van der Waals surface area contributed by atoms with E-state index in [1.54, 1.807) is 11.3 Å². The van der Waals surface area contributed by atoms with Gasteiger partial charge in [-0.15, -0.1) is 11.3 Å². The number of hydrogen-bond donors (Lipinski definition) is 0. The van der Waals surface area contributed by atoms with Crippen molar-refractivity contribution in [1.29, 1.82) is 5.26 Å². The van der Waals surface area contributed by atoms with Crippen LogP contribution in [0, 0.1) is 11.3 Å². The average Bonchev–Trinajstić information content (AvgIpc) is 3.47. The second kappa shape index (κ2) is 9.56. The third-order valence-corrected chi connectivity index (χ3v) is 7.74. The summed E-state index contributed by atoms with van der Waals surface area (Å²) in [5, 5.41) is 12.3. The monoisotopic (exact) mass is 517 g/mol. The van der Waals surface area contributed by atoms with Crippen LogP contribution in [0.4, 0.5) is 0 Å². The minimum absolute atomic E-state index is 0.624. The largest absolute Gasteiger partial charge is 0.236 e. The normalized spacial score (nSPS) is 11.1. The molecule has 7 aromatic rings. The summed E-state index contributed by atoms with van der Waals surface area (Å²) in [5.74, 6) is 1.90. The van der Waals surface area contributed by atoms with Crippen LogP contribution < -0.4 is 0 Å². The quantitative estimate of drug-likeness (QED) is 0.235. The maximum atomic E-state index is 9.14. The number of nitriles is 1. The van der Waals surface area contributed by atoms with E-state index >= 15 is 0 Å². The van der Waals surface area contributed by atoms with E-state index in [0.717, 1.165) is 48.3 Å². The van der Waals surface area contributed by atoms with Gasteiger partial charge < -0.3 is 0 Å². The molecule has 0 saturated heterocycles. The van der Waals surface area contributed by atoms with Gasteiger partial charge in [0.25, 0.3) is 0 Å². The van der Waals surface area contributed by atoms with Crippen molar-refractivity contribution in [1.82, 2.24) is 19.9 Å². The fourth-order valence-corrected chi connectivity index (χ4v) is 5.69. The van der Waals surface area contributed by atoms with Crippen LogP contribution in [0.2, 0.25) is 0 Å². The summed E-state index contributed by atoms with van der Waals surface area (Å²) in [4.78, 5) is 19.5. The van der Waals surface area contributed by atoms with E-state index < -0.39 is 0 Å². The Kier molecular flexibility index (Phi) is 5.62. The maximum Gasteiger partial charge on any atom is 0.164 e. The molecule has 0 aliphatic heterocycles. The number of hydrogen-bond acceptors (Lipinski definition) is 6. The average molecular weight is 518 g/mol. The second-order valence-corrected chi connectivity index (χ2v) is 10.1. The molecule has 0 fully saturated rings. The fraction of sp³-hybridized carbons (Fsp3) is 0. The van der Waals surface area contributed by atoms with Gasteiger partial charge in [-0.1, -0.05) is 91.0 Å². The van der Waals surface area contributed by atoms with Crippen LogP contribution in [0.3, 0.4) is 0 Å². The van der Waals surface area contributed by atoms with Gasteiger partial charge in [0.2, 0.25) is 0 Å². The number of rotatable bonds is 4. The smallest absolute Gasteiger partial charge is 0.164 e. The highest BCUT2D eigenvalue weighted by molar-refractivity contribution is 7.22. The van der Waals surface area contributed by atoms with Crippen LogP contribution in [0.25, 0.3) is 65.7 Å². The lowest BCUT2D eigenvalue weighted by atomic mass is 10.1. The molecule has 39 heavy (non-hydrogen) atoms. The van der Waals surface area contributed by atoms with Gasteiger partial charge in [-0.25, -0.2) is 19.9 Å². The minimum atomic E-state index is 0.624. The standard InChI is InChI=1S/C33H19N5S/c34-20-21-11-13-25(14-12-21)33-35-28-18-17-22-15-16-26(19-27(22)29(28)39-33)32-37-30(23-7-3-1-4-8-23)36-31(38-32)24-9-5-2-6-10-24/h1-19H. The predicted molar refractivity (Wildman–Crippen MR) is 157 cm³/mol. The van der Waals surface area contributed by atoms with Gasteiger partial charge in [0.15, 0.2) is 17.5 Å². The zero-order valence-corrected chi connectivity index (χ0v) is 21.4. The van der Waals surface area contributed by atoms with Crippen molar-refractivity contribution < 1.29 is 0 Å². The number of thiazole rings is 1. The van der Waals surface area contributed by atoms with E-state index in [1.165, 1.54) is 0 Å². The van der Waals surface area contributed by atoms with E-state index in [2.05, 4.69) is 36.4 Å². The van der Waals surface area contributed by atoms with Gasteiger partial charge >= 0.3 is 0 Å². The first-order chi connectivity index (χ1) is 19.2. The Hall–Kier alpha value is -5.25. The van der Waals surface area contributed by atoms with Crippen molar-refractivity contribution >= 4 is 32.3 Å². The van der Waals surface area contributed by atoms with E-state index in [0.29, 0.717) is 23.0 Å². The maximum absolute atomic E-state index is 9.14. The van der Waals surface area contributed by atoms with E-state index in [4.69, 9.17) is 25.2 Å². The Morgan fingerprint density at radius 1 is 0.538 bits per heavy atom. The van der Waals surface area contributed by atoms with Crippen molar-refractivity contribution in [2.45, 2.75) is 0 Å².